The van der Waals surface area contributed by atoms with Gasteiger partial charge in [0.15, 0.2) is 11.5 Å². The zero-order valence-electron chi connectivity index (χ0n) is 16.2. The van der Waals surface area contributed by atoms with Gasteiger partial charge in [-0.3, -0.25) is 9.89 Å². The number of nitriles is 1. The number of aromatic amines is 1. The molecule has 8 heteroatoms. The molecule has 2 heterocycles. The van der Waals surface area contributed by atoms with Gasteiger partial charge in [-0.05, 0) is 17.7 Å². The molecule has 0 radical (unpaired) electrons. The van der Waals surface area contributed by atoms with Crippen molar-refractivity contribution >= 4 is 11.6 Å². The molecule has 0 saturated carbocycles. The van der Waals surface area contributed by atoms with E-state index >= 15 is 0 Å². The first-order valence-electron chi connectivity index (χ1n) is 8.96. The molecule has 0 atom stereocenters. The number of pyridine rings is 1. The minimum Gasteiger partial charge on any atom is -0.497 e. The molecule has 0 fully saturated rings. The fourth-order valence-electron chi connectivity index (χ4n) is 3.28. The van der Waals surface area contributed by atoms with Gasteiger partial charge in [-0.2, -0.15) is 9.78 Å². The Morgan fingerprint density at radius 3 is 2.37 bits per heavy atom. The maximum atomic E-state index is 13.1. The van der Waals surface area contributed by atoms with E-state index in [1.165, 1.54) is 14.2 Å². The minimum absolute atomic E-state index is 0.0252. The van der Waals surface area contributed by atoms with Gasteiger partial charge in [-0.25, -0.2) is 9.78 Å². The Morgan fingerprint density at radius 2 is 1.77 bits per heavy atom. The number of fused-ring (bicyclic) bond motifs is 1. The van der Waals surface area contributed by atoms with Crippen LogP contribution in [0, 0.1) is 11.3 Å². The monoisotopic (exact) mass is 400 g/mol. The first-order chi connectivity index (χ1) is 14.6. The van der Waals surface area contributed by atoms with Gasteiger partial charge in [-0.15, -0.1) is 0 Å². The van der Waals surface area contributed by atoms with Crippen LogP contribution in [0.3, 0.4) is 0 Å². The van der Waals surface area contributed by atoms with E-state index in [4.69, 9.17) is 9.47 Å². The lowest BCUT2D eigenvalue weighted by molar-refractivity contribution is 0.0603. The fourth-order valence-corrected chi connectivity index (χ4v) is 3.28. The van der Waals surface area contributed by atoms with Crippen molar-refractivity contribution in [3.63, 3.8) is 0 Å². The lowest BCUT2D eigenvalue weighted by Crippen LogP contribution is -2.22. The van der Waals surface area contributed by atoms with Crippen molar-refractivity contribution in [2.75, 3.05) is 14.2 Å². The molecule has 30 heavy (non-hydrogen) atoms. The molecule has 4 rings (SSSR count). The third kappa shape index (κ3) is 2.99. The summed E-state index contributed by atoms with van der Waals surface area (Å²) in [6, 6.07) is 17.8. The number of carbonyl (C=O) groups is 1. The molecule has 0 bridgehead atoms. The lowest BCUT2D eigenvalue weighted by atomic mass is 9.96. The van der Waals surface area contributed by atoms with Crippen molar-refractivity contribution < 1.29 is 14.3 Å². The number of carbonyl (C=O) groups excluding carboxylic acids is 1. The van der Waals surface area contributed by atoms with Crippen LogP contribution < -0.4 is 10.3 Å². The van der Waals surface area contributed by atoms with Gasteiger partial charge in [-0.1, -0.05) is 42.5 Å². The number of esters is 1. The van der Waals surface area contributed by atoms with Gasteiger partial charge in [0.25, 0.3) is 5.56 Å². The number of ether oxygens (including phenoxy) is 2. The van der Waals surface area contributed by atoms with E-state index in [0.29, 0.717) is 17.1 Å². The van der Waals surface area contributed by atoms with Crippen molar-refractivity contribution in [3.8, 4) is 34.3 Å². The number of hydrogen-bond donors (Lipinski definition) is 1. The molecule has 148 valence electrons. The highest BCUT2D eigenvalue weighted by Gasteiger charge is 2.27. The Bertz CT molecular complexity index is 1350. The van der Waals surface area contributed by atoms with Crippen molar-refractivity contribution in [3.05, 3.63) is 76.1 Å². The van der Waals surface area contributed by atoms with Crippen LogP contribution in [0.25, 0.3) is 28.2 Å². The number of benzene rings is 2. The predicted molar refractivity (Wildman–Crippen MR) is 109 cm³/mol. The zero-order chi connectivity index (χ0) is 21.3. The average Bonchev–Trinajstić information content (AvgIpc) is 3.25. The summed E-state index contributed by atoms with van der Waals surface area (Å²) in [5.41, 5.74) is 0.690. The van der Waals surface area contributed by atoms with Crippen molar-refractivity contribution in [1.82, 2.24) is 14.6 Å². The topological polar surface area (TPSA) is 109 Å². The van der Waals surface area contributed by atoms with Gasteiger partial charge >= 0.3 is 5.97 Å². The molecule has 2 aromatic carbocycles. The van der Waals surface area contributed by atoms with Gasteiger partial charge in [0, 0.05) is 11.1 Å². The number of aromatic nitrogens is 3. The Morgan fingerprint density at radius 1 is 1.07 bits per heavy atom. The van der Waals surface area contributed by atoms with Crippen LogP contribution in [0.1, 0.15) is 15.9 Å². The normalized spacial score (nSPS) is 10.6. The molecule has 0 saturated heterocycles. The molecule has 8 nitrogen and oxygen atoms in total. The second-order valence-corrected chi connectivity index (χ2v) is 6.36. The number of nitrogens with one attached hydrogen (secondary N) is 1. The van der Waals surface area contributed by atoms with Crippen LogP contribution in [0.5, 0.6) is 5.75 Å². The summed E-state index contributed by atoms with van der Waals surface area (Å²) < 4.78 is 11.2. The number of hydrogen-bond acceptors (Lipinski definition) is 6. The third-order valence-corrected chi connectivity index (χ3v) is 4.72. The van der Waals surface area contributed by atoms with Gasteiger partial charge in [0.2, 0.25) is 0 Å². The SMILES string of the molecule is COC(=O)c1c(-c2ccc(OC)cc2)c(C#N)c(=O)n2[nH]c(-c3ccccc3)nc12. The second kappa shape index (κ2) is 7.56. The van der Waals surface area contributed by atoms with Gasteiger partial charge in [0.1, 0.15) is 22.9 Å². The third-order valence-electron chi connectivity index (χ3n) is 4.72. The quantitative estimate of drug-likeness (QED) is 0.528. The molecule has 0 spiro atoms. The number of H-pyrrole nitrogens is 1. The van der Waals surface area contributed by atoms with E-state index in [-0.39, 0.29) is 22.3 Å². The standard InChI is InChI=1S/C22H16N4O4/c1-29-15-10-8-13(9-11-15)17-16(12-23)21(27)26-20(18(17)22(28)30-2)24-19(25-26)14-6-4-3-5-7-14/h3-11H,1-2H3,(H,24,25). The van der Waals surface area contributed by atoms with Crippen LogP contribution in [-0.2, 0) is 4.74 Å². The first kappa shape index (κ1) is 19.0. The van der Waals surface area contributed by atoms with Crippen molar-refractivity contribution in [1.29, 1.82) is 5.26 Å². The summed E-state index contributed by atoms with van der Waals surface area (Å²) in [6.45, 7) is 0. The van der Waals surface area contributed by atoms with E-state index in [2.05, 4.69) is 10.1 Å². The summed E-state index contributed by atoms with van der Waals surface area (Å²) in [6.07, 6.45) is 0. The van der Waals surface area contributed by atoms with Gasteiger partial charge < -0.3 is 9.47 Å². The van der Waals surface area contributed by atoms with Crippen LogP contribution in [0.4, 0.5) is 0 Å². The smallest absolute Gasteiger partial charge is 0.342 e. The van der Waals surface area contributed by atoms with Crippen molar-refractivity contribution in [2.45, 2.75) is 0 Å². The molecule has 0 aliphatic carbocycles. The van der Waals surface area contributed by atoms with Crippen LogP contribution in [0.2, 0.25) is 0 Å². The number of methoxy groups -OCH3 is 2. The molecular weight excluding hydrogens is 384 g/mol. The summed E-state index contributed by atoms with van der Waals surface area (Å²) in [4.78, 5) is 30.3. The average molecular weight is 400 g/mol. The Labute approximate surface area is 170 Å². The highest BCUT2D eigenvalue weighted by molar-refractivity contribution is 6.04. The Hall–Kier alpha value is -4.38. The van der Waals surface area contributed by atoms with E-state index in [0.717, 1.165) is 10.1 Å². The largest absolute Gasteiger partial charge is 0.497 e. The minimum atomic E-state index is -0.707. The maximum Gasteiger partial charge on any atom is 0.342 e. The molecular formula is C22H16N4O4. The first-order valence-corrected chi connectivity index (χ1v) is 8.96. The molecule has 0 amide bonds. The molecule has 0 aliphatic heterocycles. The summed E-state index contributed by atoms with van der Waals surface area (Å²) in [5, 5.41) is 12.6. The predicted octanol–water partition coefficient (Wildman–Crippen LogP) is 3.02. The van der Waals surface area contributed by atoms with E-state index in [1.54, 1.807) is 24.3 Å². The molecule has 2 aromatic heterocycles. The van der Waals surface area contributed by atoms with E-state index in [1.807, 2.05) is 36.4 Å². The zero-order valence-corrected chi connectivity index (χ0v) is 16.2. The lowest BCUT2D eigenvalue weighted by Gasteiger charge is -2.11. The molecule has 1 N–H and O–H groups in total. The highest BCUT2D eigenvalue weighted by Crippen LogP contribution is 2.31. The fraction of sp³-hybridized carbons (Fsp3) is 0.0909. The number of rotatable bonds is 4. The van der Waals surface area contributed by atoms with Gasteiger partial charge in [0.05, 0.1) is 14.2 Å². The summed E-state index contributed by atoms with van der Waals surface area (Å²) in [5.74, 6) is 0.273. The second-order valence-electron chi connectivity index (χ2n) is 6.36. The maximum absolute atomic E-state index is 13.1. The van der Waals surface area contributed by atoms with E-state index < -0.39 is 11.5 Å². The molecule has 4 aromatic rings. The highest BCUT2D eigenvalue weighted by atomic mass is 16.5. The summed E-state index contributed by atoms with van der Waals surface area (Å²) in [7, 11) is 2.77. The summed E-state index contributed by atoms with van der Waals surface area (Å²) >= 11 is 0. The van der Waals surface area contributed by atoms with E-state index in [9.17, 15) is 14.9 Å². The Kier molecular flexibility index (Phi) is 4.78. The van der Waals surface area contributed by atoms with Crippen LogP contribution >= 0.6 is 0 Å². The molecule has 0 unspecified atom stereocenters. The van der Waals surface area contributed by atoms with Crippen LogP contribution in [0.15, 0.2) is 59.4 Å². The number of nitrogens with zero attached hydrogens (tertiary/aromatic N) is 3. The Balaban J connectivity index is 2.10. The molecule has 0 aliphatic rings. The van der Waals surface area contributed by atoms with Crippen molar-refractivity contribution in [2.24, 2.45) is 0 Å². The van der Waals surface area contributed by atoms with Crippen LogP contribution in [-0.4, -0.2) is 34.8 Å².